The van der Waals surface area contributed by atoms with Gasteiger partial charge in [0.2, 0.25) is 5.91 Å². The van der Waals surface area contributed by atoms with Crippen LogP contribution in [-0.2, 0) is 17.9 Å². The number of nitrogens with zero attached hydrogens (tertiary/aromatic N) is 6. The predicted molar refractivity (Wildman–Crippen MR) is 182 cm³/mol. The first-order chi connectivity index (χ1) is 22.8. The molecule has 0 radical (unpaired) electrons. The highest BCUT2D eigenvalue weighted by atomic mass is 32.1. The van der Waals surface area contributed by atoms with Gasteiger partial charge in [0.05, 0.1) is 31.2 Å². The number of carbonyl (C=O) groups is 1. The molecule has 10 nitrogen and oxygen atoms in total. The second-order valence-corrected chi connectivity index (χ2v) is 14.2. The number of likely N-dealkylation sites (tertiary alicyclic amines) is 2. The fraction of sp³-hybridized carbons (Fsp3) is 0.389. The van der Waals surface area contributed by atoms with E-state index in [1.807, 2.05) is 64.3 Å². The van der Waals surface area contributed by atoms with E-state index in [0.717, 1.165) is 42.5 Å². The summed E-state index contributed by atoms with van der Waals surface area (Å²) in [5.74, 6) is 0.870. The van der Waals surface area contributed by atoms with Crippen molar-refractivity contribution in [2.75, 3.05) is 33.3 Å². The third-order valence-electron chi connectivity index (χ3n) is 9.76. The average Bonchev–Trinajstić information content (AvgIpc) is 3.72. The monoisotopic (exact) mass is 652 g/mol. The van der Waals surface area contributed by atoms with E-state index >= 15 is 0 Å². The van der Waals surface area contributed by atoms with Crippen LogP contribution in [0.15, 0.2) is 84.2 Å². The number of fused-ring (bicyclic) bond motifs is 1. The first-order valence-corrected chi connectivity index (χ1v) is 17.0. The molecule has 1 amide bonds. The summed E-state index contributed by atoms with van der Waals surface area (Å²) in [4.78, 5) is 42.3. The number of benzene rings is 2. The molecular formula is C36H40N6O4S. The maximum atomic E-state index is 14.1. The molecule has 2 aromatic carbocycles. The maximum Gasteiger partial charge on any atom is 0.262 e. The predicted octanol–water partition coefficient (Wildman–Crippen LogP) is 4.62. The molecule has 0 saturated carbocycles. The minimum atomic E-state index is -1.11. The molecule has 7 rings (SSSR count). The van der Waals surface area contributed by atoms with Crippen LogP contribution in [0.4, 0.5) is 0 Å². The minimum Gasteiger partial charge on any atom is -0.497 e. The lowest BCUT2D eigenvalue weighted by atomic mass is 9.79. The average molecular weight is 653 g/mol. The van der Waals surface area contributed by atoms with E-state index in [1.54, 1.807) is 24.5 Å². The largest absolute Gasteiger partial charge is 0.497 e. The van der Waals surface area contributed by atoms with Crippen LogP contribution < -0.4 is 10.3 Å². The number of carbonyl (C=O) groups excluding carboxylic acids is 1. The van der Waals surface area contributed by atoms with E-state index in [0.29, 0.717) is 37.0 Å². The lowest BCUT2D eigenvalue weighted by molar-refractivity contribution is -0.142. The van der Waals surface area contributed by atoms with Crippen molar-refractivity contribution >= 4 is 28.3 Å². The van der Waals surface area contributed by atoms with Crippen LogP contribution in [0, 0.1) is 12.8 Å². The summed E-state index contributed by atoms with van der Waals surface area (Å²) in [5, 5.41) is 13.2. The molecule has 5 heterocycles. The van der Waals surface area contributed by atoms with Crippen LogP contribution in [0.2, 0.25) is 0 Å². The number of thiazole rings is 1. The number of amides is 1. The lowest BCUT2D eigenvalue weighted by Crippen LogP contribution is -2.53. The number of methoxy groups -OCH3 is 1. The van der Waals surface area contributed by atoms with Gasteiger partial charge in [0, 0.05) is 54.4 Å². The van der Waals surface area contributed by atoms with Gasteiger partial charge in [-0.2, -0.15) is 0 Å². The number of rotatable bonds is 8. The molecule has 0 unspecified atom stereocenters. The Morgan fingerprint density at radius 1 is 1.04 bits per heavy atom. The van der Waals surface area contributed by atoms with Crippen molar-refractivity contribution in [2.24, 2.45) is 5.92 Å². The van der Waals surface area contributed by atoms with Gasteiger partial charge in [-0.15, -0.1) is 11.3 Å². The van der Waals surface area contributed by atoms with Crippen molar-refractivity contribution in [3.63, 3.8) is 0 Å². The number of piperidine rings is 2. The summed E-state index contributed by atoms with van der Waals surface area (Å²) in [6.45, 7) is 5.55. The molecule has 0 bridgehead atoms. The fourth-order valence-electron chi connectivity index (χ4n) is 7.13. The first kappa shape index (κ1) is 31.3. The van der Waals surface area contributed by atoms with Crippen LogP contribution in [-0.4, -0.2) is 78.8 Å². The Balaban J connectivity index is 1.02. The van der Waals surface area contributed by atoms with Gasteiger partial charge in [-0.05, 0) is 68.6 Å². The Morgan fingerprint density at radius 2 is 1.81 bits per heavy atom. The van der Waals surface area contributed by atoms with E-state index in [2.05, 4.69) is 33.9 Å². The van der Waals surface area contributed by atoms with Crippen molar-refractivity contribution in [3.8, 4) is 11.4 Å². The Kier molecular flexibility index (Phi) is 8.69. The van der Waals surface area contributed by atoms with Gasteiger partial charge >= 0.3 is 0 Å². The van der Waals surface area contributed by atoms with E-state index in [-0.39, 0.29) is 29.8 Å². The zero-order chi connectivity index (χ0) is 32.5. The summed E-state index contributed by atoms with van der Waals surface area (Å²) in [6.07, 6.45) is 6.85. The van der Waals surface area contributed by atoms with Crippen LogP contribution in [0.1, 0.15) is 40.6 Å². The molecule has 2 aliphatic heterocycles. The first-order valence-electron chi connectivity index (χ1n) is 16.2. The molecule has 244 valence electrons. The van der Waals surface area contributed by atoms with Gasteiger partial charge in [0.25, 0.3) is 5.56 Å². The van der Waals surface area contributed by atoms with Gasteiger partial charge in [0.15, 0.2) is 5.65 Å². The van der Waals surface area contributed by atoms with Gasteiger partial charge in [0.1, 0.15) is 17.1 Å². The molecule has 5 aromatic rings. The number of aromatic nitrogens is 4. The Bertz CT molecular complexity index is 1910. The number of hydrogen-bond donors (Lipinski definition) is 1. The number of aliphatic hydroxyl groups is 1. The standard InChI is InChI=1S/C36H40N6O4S/c1-25-20-37-32(47-25)22-39-16-12-29(31(21-39)26-6-4-3-5-7-26)34(43)40-18-14-36(45,15-19-40)23-41-24-38-33-30(35(41)44)13-17-42(33)27-8-10-28(46-2)11-9-27/h3-11,13,17,20,24,29,31,45H,12,14-16,18-19,21-23H2,1-2H3/t29-,31+/m1/s1. The van der Waals surface area contributed by atoms with Gasteiger partial charge < -0.3 is 19.3 Å². The molecule has 0 aliphatic carbocycles. The lowest BCUT2D eigenvalue weighted by Gasteiger charge is -2.43. The van der Waals surface area contributed by atoms with Crippen molar-refractivity contribution in [1.29, 1.82) is 0 Å². The highest BCUT2D eigenvalue weighted by Crippen LogP contribution is 2.36. The molecular weight excluding hydrogens is 613 g/mol. The molecule has 3 aromatic heterocycles. The highest BCUT2D eigenvalue weighted by molar-refractivity contribution is 7.11. The highest BCUT2D eigenvalue weighted by Gasteiger charge is 2.41. The van der Waals surface area contributed by atoms with E-state index in [9.17, 15) is 14.7 Å². The molecule has 0 spiro atoms. The molecule has 11 heteroatoms. The maximum absolute atomic E-state index is 14.1. The molecule has 1 N–H and O–H groups in total. The summed E-state index contributed by atoms with van der Waals surface area (Å²) in [6, 6.07) is 19.7. The molecule has 2 aliphatic rings. The molecule has 2 atom stereocenters. The van der Waals surface area contributed by atoms with Gasteiger partial charge in [-0.3, -0.25) is 19.1 Å². The smallest absolute Gasteiger partial charge is 0.262 e. The van der Waals surface area contributed by atoms with Crippen molar-refractivity contribution in [2.45, 2.75) is 50.8 Å². The summed E-state index contributed by atoms with van der Waals surface area (Å²) < 4.78 is 8.63. The van der Waals surface area contributed by atoms with Gasteiger partial charge in [-0.1, -0.05) is 30.3 Å². The normalized spacial score (nSPS) is 20.0. The van der Waals surface area contributed by atoms with E-state index in [4.69, 9.17) is 4.74 Å². The quantitative estimate of drug-likeness (QED) is 0.261. The van der Waals surface area contributed by atoms with Crippen LogP contribution >= 0.6 is 11.3 Å². The van der Waals surface area contributed by atoms with Gasteiger partial charge in [-0.25, -0.2) is 9.97 Å². The number of ether oxygens (including phenoxy) is 1. The minimum absolute atomic E-state index is 0.0842. The molecule has 2 saturated heterocycles. The SMILES string of the molecule is COc1ccc(-n2ccc3c(=O)n(CC4(O)CCN(C(=O)[C@@H]5CCN(Cc6ncc(C)s6)C[C@H]5c5ccccc5)CC4)cnc32)cc1. The summed E-state index contributed by atoms with van der Waals surface area (Å²) in [7, 11) is 1.62. The zero-order valence-electron chi connectivity index (χ0n) is 26.8. The van der Waals surface area contributed by atoms with E-state index in [1.165, 1.54) is 21.3 Å². The Morgan fingerprint density at radius 3 is 2.51 bits per heavy atom. The van der Waals surface area contributed by atoms with Crippen molar-refractivity contribution < 1.29 is 14.6 Å². The molecule has 47 heavy (non-hydrogen) atoms. The topological polar surface area (TPSA) is 106 Å². The third kappa shape index (κ3) is 6.47. The van der Waals surface area contributed by atoms with Crippen molar-refractivity contribution in [1.82, 2.24) is 28.9 Å². The van der Waals surface area contributed by atoms with E-state index < -0.39 is 5.60 Å². The summed E-state index contributed by atoms with van der Waals surface area (Å²) >= 11 is 1.73. The van der Waals surface area contributed by atoms with Crippen LogP contribution in [0.5, 0.6) is 5.75 Å². The molecule has 2 fully saturated rings. The number of hydrogen-bond acceptors (Lipinski definition) is 8. The zero-order valence-corrected chi connectivity index (χ0v) is 27.6. The fourth-order valence-corrected chi connectivity index (χ4v) is 7.96. The van der Waals surface area contributed by atoms with Crippen LogP contribution in [0.25, 0.3) is 16.7 Å². The Labute approximate surface area is 277 Å². The third-order valence-corrected chi connectivity index (χ3v) is 10.7. The Hall–Kier alpha value is -4.32. The second-order valence-electron chi connectivity index (χ2n) is 12.9. The second kappa shape index (κ2) is 13.1. The number of aryl methyl sites for hydroxylation is 1. The van der Waals surface area contributed by atoms with Crippen molar-refractivity contribution in [3.05, 3.63) is 105 Å². The summed E-state index contributed by atoms with van der Waals surface area (Å²) in [5.41, 5.74) is 1.31. The van der Waals surface area contributed by atoms with Crippen LogP contribution in [0.3, 0.4) is 0 Å².